The van der Waals surface area contributed by atoms with Crippen LogP contribution in [0.4, 0.5) is 0 Å². The summed E-state index contributed by atoms with van der Waals surface area (Å²) in [5, 5.41) is 8.67. The number of fused-ring (bicyclic) bond motifs is 1. The van der Waals surface area contributed by atoms with Gasteiger partial charge in [0.1, 0.15) is 5.82 Å². The van der Waals surface area contributed by atoms with Gasteiger partial charge in [-0.1, -0.05) is 18.2 Å². The molecule has 5 heteroatoms. The highest BCUT2D eigenvalue weighted by Gasteiger charge is 2.27. The Labute approximate surface area is 121 Å². The van der Waals surface area contributed by atoms with Gasteiger partial charge in [-0.05, 0) is 18.9 Å². The van der Waals surface area contributed by atoms with Crippen molar-refractivity contribution in [1.82, 2.24) is 19.7 Å². The van der Waals surface area contributed by atoms with Gasteiger partial charge in [-0.15, -0.1) is 11.8 Å². The molecule has 2 heterocycles. The molecular weight excluding hydrogens is 268 g/mol. The van der Waals surface area contributed by atoms with Gasteiger partial charge in [-0.3, -0.25) is 5.10 Å². The van der Waals surface area contributed by atoms with E-state index in [1.165, 1.54) is 28.6 Å². The zero-order valence-corrected chi connectivity index (χ0v) is 12.2. The smallest absolute Gasteiger partial charge is 0.153 e. The largest absolute Gasteiger partial charge is 0.349 e. The van der Waals surface area contributed by atoms with Gasteiger partial charge in [0.2, 0.25) is 0 Å². The third-order valence-electron chi connectivity index (χ3n) is 3.72. The van der Waals surface area contributed by atoms with Gasteiger partial charge in [0.05, 0.1) is 5.75 Å². The topological polar surface area (TPSA) is 46.5 Å². The number of aromatic nitrogens is 4. The molecule has 1 saturated carbocycles. The van der Waals surface area contributed by atoms with Crippen molar-refractivity contribution in [3.63, 3.8) is 0 Å². The summed E-state index contributed by atoms with van der Waals surface area (Å²) >= 11 is 1.81. The fraction of sp³-hybridized carbons (Fsp3) is 0.333. The number of nitrogens with zero attached hydrogens (tertiary/aromatic N) is 3. The zero-order valence-electron chi connectivity index (χ0n) is 11.3. The number of thioether (sulfide) groups is 1. The number of aryl methyl sites for hydroxylation is 1. The molecule has 102 valence electrons. The van der Waals surface area contributed by atoms with Gasteiger partial charge in [0, 0.05) is 35.0 Å². The number of benzene rings is 1. The maximum Gasteiger partial charge on any atom is 0.153 e. The summed E-state index contributed by atoms with van der Waals surface area (Å²) in [5.74, 6) is 3.43. The Morgan fingerprint density at radius 2 is 2.20 bits per heavy atom. The first-order chi connectivity index (χ1) is 9.81. The Kier molecular flexibility index (Phi) is 2.80. The SMILES string of the molecule is Cn1cc(SCc2nc(C3CC3)n[nH]2)c2ccccc21. The second-order valence-corrected chi connectivity index (χ2v) is 6.34. The Balaban J connectivity index is 1.55. The van der Waals surface area contributed by atoms with Crippen LogP contribution < -0.4 is 0 Å². The molecule has 0 spiro atoms. The normalized spacial score (nSPS) is 15.1. The summed E-state index contributed by atoms with van der Waals surface area (Å²) in [6, 6.07) is 8.49. The van der Waals surface area contributed by atoms with Gasteiger partial charge in [-0.2, -0.15) is 5.10 Å². The van der Waals surface area contributed by atoms with E-state index in [1.807, 2.05) is 11.8 Å². The molecule has 1 aliphatic rings. The van der Waals surface area contributed by atoms with E-state index in [9.17, 15) is 0 Å². The summed E-state index contributed by atoms with van der Waals surface area (Å²) in [5.41, 5.74) is 1.27. The molecule has 3 aromatic rings. The Morgan fingerprint density at radius 1 is 1.35 bits per heavy atom. The predicted molar refractivity (Wildman–Crippen MR) is 80.8 cm³/mol. The van der Waals surface area contributed by atoms with Crippen molar-refractivity contribution in [3.05, 3.63) is 42.1 Å². The van der Waals surface area contributed by atoms with E-state index < -0.39 is 0 Å². The van der Waals surface area contributed by atoms with Gasteiger partial charge in [0.15, 0.2) is 5.82 Å². The Hall–Kier alpha value is -1.75. The van der Waals surface area contributed by atoms with Gasteiger partial charge < -0.3 is 4.57 Å². The second-order valence-electron chi connectivity index (χ2n) is 5.32. The molecule has 4 rings (SSSR count). The molecule has 1 aliphatic carbocycles. The standard InChI is InChI=1S/C15H16N4S/c1-19-8-13(11-4-2-3-5-12(11)19)20-9-14-16-15(18-17-14)10-6-7-10/h2-5,8,10H,6-7,9H2,1H3,(H,16,17,18). The van der Waals surface area contributed by atoms with Gasteiger partial charge in [0.25, 0.3) is 0 Å². The van der Waals surface area contributed by atoms with E-state index >= 15 is 0 Å². The average Bonchev–Trinajstić information content (AvgIpc) is 3.13. The first kappa shape index (κ1) is 12.0. The number of aromatic amines is 1. The molecule has 0 atom stereocenters. The maximum atomic E-state index is 4.58. The van der Waals surface area contributed by atoms with Crippen molar-refractivity contribution >= 4 is 22.7 Å². The third-order valence-corrected chi connectivity index (χ3v) is 4.77. The molecule has 0 unspecified atom stereocenters. The molecule has 0 radical (unpaired) electrons. The lowest BCUT2D eigenvalue weighted by atomic mass is 10.2. The average molecular weight is 284 g/mol. The van der Waals surface area contributed by atoms with Crippen LogP contribution in [0.15, 0.2) is 35.4 Å². The van der Waals surface area contributed by atoms with Crippen LogP contribution in [0.25, 0.3) is 10.9 Å². The summed E-state index contributed by atoms with van der Waals surface area (Å²) in [6.07, 6.45) is 4.68. The van der Waals surface area contributed by atoms with Crippen molar-refractivity contribution in [2.45, 2.75) is 29.4 Å². The number of nitrogens with one attached hydrogen (secondary N) is 1. The quantitative estimate of drug-likeness (QED) is 0.746. The van der Waals surface area contributed by atoms with Crippen molar-refractivity contribution in [3.8, 4) is 0 Å². The summed E-state index contributed by atoms with van der Waals surface area (Å²) in [7, 11) is 2.09. The molecule has 0 amide bonds. The van der Waals surface area contributed by atoms with Crippen molar-refractivity contribution in [1.29, 1.82) is 0 Å². The minimum atomic E-state index is 0.613. The molecule has 1 N–H and O–H groups in total. The lowest BCUT2D eigenvalue weighted by Crippen LogP contribution is -1.84. The van der Waals surface area contributed by atoms with Crippen LogP contribution in [-0.2, 0) is 12.8 Å². The fourth-order valence-corrected chi connectivity index (χ4v) is 3.45. The van der Waals surface area contributed by atoms with Gasteiger partial charge in [-0.25, -0.2) is 4.98 Å². The van der Waals surface area contributed by atoms with Gasteiger partial charge >= 0.3 is 0 Å². The van der Waals surface area contributed by atoms with Crippen LogP contribution in [0, 0.1) is 0 Å². The van der Waals surface area contributed by atoms with E-state index in [4.69, 9.17) is 0 Å². The lowest BCUT2D eigenvalue weighted by Gasteiger charge is -1.96. The number of para-hydroxylation sites is 1. The summed E-state index contributed by atoms with van der Waals surface area (Å²) in [4.78, 5) is 5.88. The minimum Gasteiger partial charge on any atom is -0.349 e. The monoisotopic (exact) mass is 284 g/mol. The minimum absolute atomic E-state index is 0.613. The molecule has 1 aromatic carbocycles. The third kappa shape index (κ3) is 2.12. The number of hydrogen-bond donors (Lipinski definition) is 1. The summed E-state index contributed by atoms with van der Waals surface area (Å²) in [6.45, 7) is 0. The summed E-state index contributed by atoms with van der Waals surface area (Å²) < 4.78 is 2.17. The number of hydrogen-bond acceptors (Lipinski definition) is 3. The highest BCUT2D eigenvalue weighted by molar-refractivity contribution is 7.98. The predicted octanol–water partition coefficient (Wildman–Crippen LogP) is 3.47. The molecule has 0 saturated heterocycles. The number of H-pyrrole nitrogens is 1. The Morgan fingerprint density at radius 3 is 3.05 bits per heavy atom. The van der Waals surface area contributed by atoms with Crippen LogP contribution in [0.3, 0.4) is 0 Å². The first-order valence-electron chi connectivity index (χ1n) is 6.89. The van der Waals surface area contributed by atoms with Crippen LogP contribution in [0.1, 0.15) is 30.4 Å². The van der Waals surface area contributed by atoms with Crippen LogP contribution in [0.2, 0.25) is 0 Å². The molecule has 2 aromatic heterocycles. The first-order valence-corrected chi connectivity index (χ1v) is 7.88. The van der Waals surface area contributed by atoms with Crippen molar-refractivity contribution < 1.29 is 0 Å². The molecule has 1 fully saturated rings. The molecular formula is C15H16N4S. The van der Waals surface area contributed by atoms with E-state index in [-0.39, 0.29) is 0 Å². The van der Waals surface area contributed by atoms with E-state index in [1.54, 1.807) is 0 Å². The highest BCUT2D eigenvalue weighted by atomic mass is 32.2. The van der Waals surface area contributed by atoms with Crippen LogP contribution >= 0.6 is 11.8 Å². The molecule has 0 bridgehead atoms. The molecule has 0 aliphatic heterocycles. The Bertz CT molecular complexity index is 754. The molecule has 4 nitrogen and oxygen atoms in total. The highest BCUT2D eigenvalue weighted by Crippen LogP contribution is 2.38. The lowest BCUT2D eigenvalue weighted by molar-refractivity contribution is 0.934. The van der Waals surface area contributed by atoms with E-state index in [2.05, 4.69) is 57.3 Å². The van der Waals surface area contributed by atoms with E-state index in [0.29, 0.717) is 5.92 Å². The number of rotatable bonds is 4. The van der Waals surface area contributed by atoms with Crippen LogP contribution in [-0.4, -0.2) is 19.7 Å². The van der Waals surface area contributed by atoms with Crippen molar-refractivity contribution in [2.75, 3.05) is 0 Å². The molecule has 20 heavy (non-hydrogen) atoms. The maximum absolute atomic E-state index is 4.58. The van der Waals surface area contributed by atoms with Crippen LogP contribution in [0.5, 0.6) is 0 Å². The zero-order chi connectivity index (χ0) is 13.5. The van der Waals surface area contributed by atoms with Crippen molar-refractivity contribution in [2.24, 2.45) is 7.05 Å². The van der Waals surface area contributed by atoms with E-state index in [0.717, 1.165) is 17.4 Å². The second kappa shape index (κ2) is 4.66. The fourth-order valence-electron chi connectivity index (χ4n) is 2.46.